The fourth-order valence-electron chi connectivity index (χ4n) is 12.1. The molecule has 4 bridgehead atoms. The van der Waals surface area contributed by atoms with Gasteiger partial charge in [0, 0.05) is 102 Å². The summed E-state index contributed by atoms with van der Waals surface area (Å²) in [6, 6.07) is 2.60. The molecule has 3 unspecified atom stereocenters. The number of thioether (sulfide) groups is 1. The number of anilines is 1. The number of carbonyl (C=O) groups is 10. The molecule has 21 nitrogen and oxygen atoms in total. The van der Waals surface area contributed by atoms with Gasteiger partial charge in [-0.05, 0) is 109 Å². The number of fused-ring (bicyclic) bond motifs is 5. The average Bonchev–Trinajstić information content (AvgIpc) is 1.57. The van der Waals surface area contributed by atoms with E-state index >= 15 is 0 Å². The summed E-state index contributed by atoms with van der Waals surface area (Å²) >= 11 is 7.78. The van der Waals surface area contributed by atoms with Crippen LogP contribution in [0.1, 0.15) is 182 Å². The minimum atomic E-state index is -1.67. The number of alkyl carbamates (subject to hydrolysis) is 1. The molecule has 1 aliphatic carbocycles. The lowest BCUT2D eigenvalue weighted by Gasteiger charge is -2.41. The Bertz CT molecular complexity index is 2750. The molecule has 3 aliphatic heterocycles. The normalized spacial score (nSPS) is 26.4. The number of esters is 1. The Balaban J connectivity index is 1.05. The van der Waals surface area contributed by atoms with E-state index in [1.807, 2.05) is 38.1 Å². The van der Waals surface area contributed by atoms with E-state index in [-0.39, 0.29) is 91.9 Å². The standard InChI is InChI=1S/C67H100ClN5O16S/c1-11-12-14-22-57(77)69-29-31-86-30-27-51(75)36-50(46(7)74)20-15-13-16-21-53(76)49-25-23-47(24-26-49)40-70-58(78)37-55(63(81)82)90-32-28-59(79)72(9)45(6)64(83)88-56-38-60(80)73(10)52-35-48(34-42(3)61(52)68)33-41(2)18-17-19-43(4)67(85)39-54(87-65(84)71-67)44(5)62-66(56,8)89-62/h17-19,34-35,43-45,47,49-50,54-56,62,85H,11-16,20-33,36-40H2,1-10H3,(H,69,77)(H,70,78)(H,71,84)(H,81,82)/b19-17+,41-18+/t43-,44+,45-,47?,49?,50?,54?,55?,56-,62-,66-,67-/m0/s1. The lowest BCUT2D eigenvalue weighted by atomic mass is 9.79. The number of hydrogen-bond acceptors (Lipinski definition) is 16. The minimum Gasteiger partial charge on any atom is -0.480 e. The number of carboxylic acids is 1. The number of likely N-dealkylation sites (N-methyl/N-ethyl adjacent to an activating group) is 1. The number of nitrogens with one attached hydrogen (secondary N) is 3. The van der Waals surface area contributed by atoms with Crippen LogP contribution in [-0.4, -0.2) is 161 Å². The van der Waals surface area contributed by atoms with E-state index in [2.05, 4.69) is 22.9 Å². The van der Waals surface area contributed by atoms with Crippen molar-refractivity contribution in [2.24, 2.45) is 29.6 Å². The van der Waals surface area contributed by atoms with Crippen LogP contribution in [0.5, 0.6) is 0 Å². The number of aryl methyl sites for hydroxylation is 1. The van der Waals surface area contributed by atoms with Gasteiger partial charge in [0.25, 0.3) is 0 Å². The minimum absolute atomic E-state index is 0.00324. The average molecular weight is 1300 g/mol. The molecule has 2 saturated heterocycles. The molecule has 0 radical (unpaired) electrons. The summed E-state index contributed by atoms with van der Waals surface area (Å²) in [6.45, 7) is 15.4. The summed E-state index contributed by atoms with van der Waals surface area (Å²) < 4.78 is 23.7. The number of halogens is 1. The van der Waals surface area contributed by atoms with Crippen molar-refractivity contribution in [3.63, 3.8) is 0 Å². The van der Waals surface area contributed by atoms with Crippen molar-refractivity contribution in [3.05, 3.63) is 52.1 Å². The molecule has 1 aromatic rings. The second-order valence-corrected chi connectivity index (χ2v) is 27.3. The molecule has 3 heterocycles. The van der Waals surface area contributed by atoms with E-state index in [1.54, 1.807) is 33.9 Å². The van der Waals surface area contributed by atoms with Gasteiger partial charge in [0.1, 0.15) is 52.2 Å². The maximum atomic E-state index is 14.4. The second kappa shape index (κ2) is 36.0. The third kappa shape index (κ3) is 22.9. The number of nitrogens with zero attached hydrogens (tertiary/aromatic N) is 2. The van der Waals surface area contributed by atoms with Crippen molar-refractivity contribution in [3.8, 4) is 0 Å². The number of epoxide rings is 1. The number of ketones is 3. The zero-order valence-corrected chi connectivity index (χ0v) is 56.2. The van der Waals surface area contributed by atoms with Gasteiger partial charge in [0.15, 0.2) is 0 Å². The smallest absolute Gasteiger partial charge is 0.409 e. The second-order valence-electron chi connectivity index (χ2n) is 25.6. The van der Waals surface area contributed by atoms with Gasteiger partial charge in [-0.1, -0.05) is 87.9 Å². The Morgan fingerprint density at radius 2 is 1.64 bits per heavy atom. The Morgan fingerprint density at radius 1 is 0.933 bits per heavy atom. The van der Waals surface area contributed by atoms with E-state index in [0.717, 1.165) is 73.4 Å². The number of aliphatic carboxylic acids is 1. The van der Waals surface area contributed by atoms with Crippen molar-refractivity contribution in [2.75, 3.05) is 51.1 Å². The zero-order valence-electron chi connectivity index (χ0n) is 54.6. The van der Waals surface area contributed by atoms with Crippen molar-refractivity contribution in [2.45, 2.75) is 225 Å². The Hall–Kier alpha value is -5.68. The number of carbonyl (C=O) groups excluding carboxylic acids is 9. The molecule has 5 N–H and O–H groups in total. The summed E-state index contributed by atoms with van der Waals surface area (Å²) in [7, 11) is 3.00. The molecule has 90 heavy (non-hydrogen) atoms. The summed E-state index contributed by atoms with van der Waals surface area (Å²) in [5.74, 6) is -4.72. The summed E-state index contributed by atoms with van der Waals surface area (Å²) in [6.07, 6.45) is 11.4. The van der Waals surface area contributed by atoms with Gasteiger partial charge in [0.05, 0.1) is 36.4 Å². The molecular weight excluding hydrogens is 1200 g/mol. The van der Waals surface area contributed by atoms with Gasteiger partial charge in [-0.2, -0.15) is 0 Å². The highest BCUT2D eigenvalue weighted by Crippen LogP contribution is 2.49. The predicted molar refractivity (Wildman–Crippen MR) is 344 cm³/mol. The molecule has 1 saturated carbocycles. The number of carboxylic acid groups (broad SMARTS) is 1. The lowest BCUT2D eigenvalue weighted by molar-refractivity contribution is -0.162. The van der Waals surface area contributed by atoms with Crippen LogP contribution in [0.15, 0.2) is 35.9 Å². The van der Waals surface area contributed by atoms with Gasteiger partial charge in [0.2, 0.25) is 23.6 Å². The van der Waals surface area contributed by atoms with Gasteiger partial charge in [-0.3, -0.25) is 43.7 Å². The fraction of sp³-hybridized carbons (Fsp3) is 0.701. The number of allylic oxidation sites excluding steroid dienone is 3. The summed E-state index contributed by atoms with van der Waals surface area (Å²) in [5.41, 5.74) is 0.0914. The number of hydrogen-bond donors (Lipinski definition) is 5. The largest absolute Gasteiger partial charge is 0.480 e. The van der Waals surface area contributed by atoms with Gasteiger partial charge >= 0.3 is 18.0 Å². The molecule has 1 aromatic carbocycles. The highest BCUT2D eigenvalue weighted by atomic mass is 35.5. The van der Waals surface area contributed by atoms with E-state index in [1.165, 1.54) is 30.7 Å². The number of unbranched alkanes of at least 4 members (excludes halogenated alkanes) is 4. The quantitative estimate of drug-likeness (QED) is 0.0255. The van der Waals surface area contributed by atoms with Gasteiger partial charge in [-0.25, -0.2) is 9.59 Å². The topological polar surface area (TPSA) is 294 Å². The molecule has 5 rings (SSSR count). The Morgan fingerprint density at radius 3 is 2.33 bits per heavy atom. The molecule has 0 spiro atoms. The number of benzene rings is 1. The monoisotopic (exact) mass is 1300 g/mol. The SMILES string of the molecule is CCCCCC(=O)NCCOCCC(=O)CC(CCCCCC(=O)C1CCC(CNC(=O)CC(SCCC(=O)N(C)[C@@H](C)C(=O)O[C@H]2CC(=O)N(C)c3cc(cc(C)c3Cl)C/C(C)=C/C=C/[C@H](C)[C@@]3(O)CC(OC(=O)N3)[C@@H](C)[C@@H]3O[C@@]23C)C(=O)O)CC1)C(C)=O. The number of amides is 5. The van der Waals surface area contributed by atoms with Gasteiger partial charge < -0.3 is 49.6 Å². The van der Waals surface area contributed by atoms with Crippen LogP contribution in [0.25, 0.3) is 0 Å². The number of Topliss-reactive ketones (excluding diaryl/α,β-unsaturated/α-hetero) is 3. The first-order valence-corrected chi connectivity index (χ1v) is 33.7. The first kappa shape index (κ1) is 75.0. The van der Waals surface area contributed by atoms with E-state index < -0.39 is 88.5 Å². The third-order valence-electron chi connectivity index (χ3n) is 18.5. The van der Waals surface area contributed by atoms with Crippen molar-refractivity contribution in [1.82, 2.24) is 20.9 Å². The molecule has 3 fully saturated rings. The Kier molecular flexibility index (Phi) is 30.0. The number of ether oxygens (including phenoxy) is 4. The molecule has 502 valence electrons. The highest BCUT2D eigenvalue weighted by Gasteiger charge is 2.64. The zero-order chi connectivity index (χ0) is 66.5. The van der Waals surface area contributed by atoms with E-state index in [4.69, 9.17) is 30.5 Å². The summed E-state index contributed by atoms with van der Waals surface area (Å²) in [5, 5.41) is 29.4. The first-order valence-electron chi connectivity index (χ1n) is 32.3. The van der Waals surface area contributed by atoms with Crippen LogP contribution in [0, 0.1) is 36.5 Å². The highest BCUT2D eigenvalue weighted by molar-refractivity contribution is 8.00. The maximum absolute atomic E-state index is 14.4. The molecule has 23 heteroatoms. The van der Waals surface area contributed by atoms with Crippen LogP contribution >= 0.6 is 23.4 Å². The van der Waals surface area contributed by atoms with Crippen molar-refractivity contribution >= 4 is 88.1 Å². The molecular formula is C67H100ClN5O16S. The van der Waals surface area contributed by atoms with Gasteiger partial charge in [-0.15, -0.1) is 11.8 Å². The van der Waals surface area contributed by atoms with Crippen molar-refractivity contribution in [1.29, 1.82) is 0 Å². The molecule has 0 aromatic heterocycles. The summed E-state index contributed by atoms with van der Waals surface area (Å²) in [4.78, 5) is 133. The van der Waals surface area contributed by atoms with Crippen LogP contribution in [0.4, 0.5) is 10.5 Å². The maximum Gasteiger partial charge on any atom is 0.409 e. The van der Waals surface area contributed by atoms with E-state index in [9.17, 15) is 58.2 Å². The van der Waals surface area contributed by atoms with Crippen molar-refractivity contribution < 1.29 is 77.1 Å². The third-order valence-corrected chi connectivity index (χ3v) is 20.2. The van der Waals surface area contributed by atoms with Crippen LogP contribution < -0.4 is 20.9 Å². The molecule has 10 atom stereocenters. The fourth-order valence-corrected chi connectivity index (χ4v) is 13.3. The molecule has 4 aliphatic rings. The van der Waals surface area contributed by atoms with Crippen LogP contribution in [0.2, 0.25) is 5.02 Å². The molecule has 5 amide bonds. The van der Waals surface area contributed by atoms with Crippen LogP contribution in [0.3, 0.4) is 0 Å². The Labute approximate surface area is 541 Å². The lowest BCUT2D eigenvalue weighted by Crippen LogP contribution is -2.60. The predicted octanol–water partition coefficient (Wildman–Crippen LogP) is 9.11. The van der Waals surface area contributed by atoms with Crippen LogP contribution in [-0.2, 0) is 68.5 Å². The van der Waals surface area contributed by atoms with E-state index in [0.29, 0.717) is 75.4 Å². The first-order chi connectivity index (χ1) is 42.6. The number of rotatable bonds is 32. The number of aliphatic hydroxyl groups is 1.